The number of carbonyl (C=O) groups excluding carboxylic acids is 1. The highest BCUT2D eigenvalue weighted by molar-refractivity contribution is 6.01. The Labute approximate surface area is 110 Å². The first kappa shape index (κ1) is 13.1. The Bertz CT molecular complexity index is 622. The molecule has 1 aromatic heterocycles. The minimum atomic E-state index is -0.697. The van der Waals surface area contributed by atoms with E-state index >= 15 is 0 Å². The molecule has 0 aliphatic carbocycles. The van der Waals surface area contributed by atoms with E-state index in [4.69, 9.17) is 4.74 Å². The number of hydrogen-bond donors (Lipinski definition) is 1. The molecule has 5 heteroatoms. The maximum absolute atomic E-state index is 11.6. The van der Waals surface area contributed by atoms with Gasteiger partial charge in [-0.3, -0.25) is 0 Å². The summed E-state index contributed by atoms with van der Waals surface area (Å²) in [6.07, 6.45) is -0.0917. The van der Waals surface area contributed by atoms with E-state index in [1.165, 1.54) is 7.11 Å². The molecule has 0 saturated carbocycles. The molecule has 1 aromatic carbocycles. The highest BCUT2D eigenvalue weighted by Crippen LogP contribution is 2.33. The third-order valence-corrected chi connectivity index (χ3v) is 2.58. The Morgan fingerprint density at radius 1 is 1.26 bits per heavy atom. The third-order valence-electron chi connectivity index (χ3n) is 2.58. The van der Waals surface area contributed by atoms with Gasteiger partial charge in [0.1, 0.15) is 0 Å². The number of pyridine rings is 1. The lowest BCUT2D eigenvalue weighted by Crippen LogP contribution is -2.11. The molecule has 0 aliphatic rings. The fourth-order valence-corrected chi connectivity index (χ4v) is 1.77. The predicted octanol–water partition coefficient (Wildman–Crippen LogP) is 2.51. The van der Waals surface area contributed by atoms with Crippen molar-refractivity contribution in [2.45, 2.75) is 20.0 Å². The van der Waals surface area contributed by atoms with Crippen LogP contribution in [-0.2, 0) is 4.74 Å². The summed E-state index contributed by atoms with van der Waals surface area (Å²) in [6, 6.07) is 7.06. The standard InChI is InChI=1S/C14H15NO4/c1-8(2)19-13-10-7-5-4-6-9(10)12(16)11(15-13)14(17)18-3/h4-8,16H,1-3H3. The number of ether oxygens (including phenoxy) is 2. The minimum Gasteiger partial charge on any atom is -0.505 e. The molecule has 0 atom stereocenters. The van der Waals surface area contributed by atoms with Crippen LogP contribution in [0.1, 0.15) is 24.3 Å². The van der Waals surface area contributed by atoms with Crippen LogP contribution in [0, 0.1) is 0 Å². The lowest BCUT2D eigenvalue weighted by atomic mass is 10.1. The monoisotopic (exact) mass is 261 g/mol. The lowest BCUT2D eigenvalue weighted by Gasteiger charge is -2.13. The van der Waals surface area contributed by atoms with Gasteiger partial charge in [0.05, 0.1) is 13.2 Å². The van der Waals surface area contributed by atoms with Gasteiger partial charge in [-0.2, -0.15) is 0 Å². The topological polar surface area (TPSA) is 68.7 Å². The van der Waals surface area contributed by atoms with Crippen LogP contribution in [0.25, 0.3) is 10.8 Å². The van der Waals surface area contributed by atoms with Crippen molar-refractivity contribution in [3.63, 3.8) is 0 Å². The van der Waals surface area contributed by atoms with Gasteiger partial charge < -0.3 is 14.6 Å². The van der Waals surface area contributed by atoms with Crippen LogP contribution in [-0.4, -0.2) is 29.3 Å². The van der Waals surface area contributed by atoms with Crippen LogP contribution in [0.3, 0.4) is 0 Å². The Kier molecular flexibility index (Phi) is 3.55. The molecule has 0 amide bonds. The van der Waals surface area contributed by atoms with Crippen LogP contribution in [0.15, 0.2) is 24.3 Å². The summed E-state index contributed by atoms with van der Waals surface area (Å²) in [5, 5.41) is 11.3. The first-order valence-corrected chi connectivity index (χ1v) is 5.91. The lowest BCUT2D eigenvalue weighted by molar-refractivity contribution is 0.0589. The predicted molar refractivity (Wildman–Crippen MR) is 70.5 cm³/mol. The van der Waals surface area contributed by atoms with Gasteiger partial charge in [-0.05, 0) is 19.9 Å². The fraction of sp³-hybridized carbons (Fsp3) is 0.286. The SMILES string of the molecule is COC(=O)c1nc(OC(C)C)c2ccccc2c1O. The smallest absolute Gasteiger partial charge is 0.360 e. The van der Waals surface area contributed by atoms with Gasteiger partial charge >= 0.3 is 5.97 Å². The molecule has 0 unspecified atom stereocenters. The first-order chi connectivity index (χ1) is 9.04. The first-order valence-electron chi connectivity index (χ1n) is 5.91. The number of benzene rings is 1. The van der Waals surface area contributed by atoms with Gasteiger partial charge in [0.2, 0.25) is 5.88 Å². The number of hydrogen-bond acceptors (Lipinski definition) is 5. The third kappa shape index (κ3) is 2.45. The molecular formula is C14H15NO4. The van der Waals surface area contributed by atoms with E-state index in [1.54, 1.807) is 18.2 Å². The van der Waals surface area contributed by atoms with Crippen molar-refractivity contribution < 1.29 is 19.4 Å². The molecule has 1 heterocycles. The van der Waals surface area contributed by atoms with Gasteiger partial charge in [-0.1, -0.05) is 18.2 Å². The summed E-state index contributed by atoms with van der Waals surface area (Å²) in [7, 11) is 1.24. The van der Waals surface area contributed by atoms with Crippen LogP contribution in [0.4, 0.5) is 0 Å². The molecule has 2 rings (SSSR count). The second kappa shape index (κ2) is 5.14. The fourth-order valence-electron chi connectivity index (χ4n) is 1.77. The van der Waals surface area contributed by atoms with Gasteiger partial charge in [0.25, 0.3) is 0 Å². The number of aromatic hydroxyl groups is 1. The number of methoxy groups -OCH3 is 1. The summed E-state index contributed by atoms with van der Waals surface area (Å²) in [5.41, 5.74) is -0.142. The largest absolute Gasteiger partial charge is 0.505 e. The van der Waals surface area contributed by atoms with Crippen LogP contribution >= 0.6 is 0 Å². The van der Waals surface area contributed by atoms with Crippen LogP contribution < -0.4 is 4.74 Å². The van der Waals surface area contributed by atoms with Crippen LogP contribution in [0.2, 0.25) is 0 Å². The number of nitrogens with zero attached hydrogens (tertiary/aromatic N) is 1. The van der Waals surface area contributed by atoms with Gasteiger partial charge in [0.15, 0.2) is 11.4 Å². The van der Waals surface area contributed by atoms with E-state index in [-0.39, 0.29) is 17.5 Å². The number of fused-ring (bicyclic) bond motifs is 1. The second-order valence-electron chi connectivity index (χ2n) is 4.32. The minimum absolute atomic E-state index is 0.0917. The van der Waals surface area contributed by atoms with Gasteiger partial charge in [0, 0.05) is 10.8 Å². The van der Waals surface area contributed by atoms with Crippen molar-refractivity contribution in [3.8, 4) is 11.6 Å². The molecule has 2 aromatic rings. The highest BCUT2D eigenvalue weighted by atomic mass is 16.5. The molecule has 0 bridgehead atoms. The van der Waals surface area contributed by atoms with E-state index in [2.05, 4.69) is 9.72 Å². The molecule has 5 nitrogen and oxygen atoms in total. The van der Waals surface area contributed by atoms with Crippen molar-refractivity contribution in [3.05, 3.63) is 30.0 Å². The van der Waals surface area contributed by atoms with Crippen LogP contribution in [0.5, 0.6) is 11.6 Å². The molecular weight excluding hydrogens is 246 g/mol. The molecule has 0 saturated heterocycles. The summed E-state index contributed by atoms with van der Waals surface area (Å²) in [4.78, 5) is 15.7. The Hall–Kier alpha value is -2.30. The highest BCUT2D eigenvalue weighted by Gasteiger charge is 2.20. The van der Waals surface area contributed by atoms with E-state index in [0.717, 1.165) is 0 Å². The van der Waals surface area contributed by atoms with E-state index in [0.29, 0.717) is 16.7 Å². The van der Waals surface area contributed by atoms with Crippen molar-refractivity contribution in [1.29, 1.82) is 0 Å². The normalized spacial score (nSPS) is 10.7. The summed E-state index contributed by atoms with van der Waals surface area (Å²) in [5.74, 6) is -0.584. The van der Waals surface area contributed by atoms with Gasteiger partial charge in [-0.15, -0.1) is 0 Å². The molecule has 19 heavy (non-hydrogen) atoms. The van der Waals surface area contributed by atoms with Crippen molar-refractivity contribution in [2.75, 3.05) is 7.11 Å². The quantitative estimate of drug-likeness (QED) is 0.860. The molecule has 100 valence electrons. The Morgan fingerprint density at radius 2 is 1.89 bits per heavy atom. The average molecular weight is 261 g/mol. The maximum atomic E-state index is 11.6. The molecule has 0 aliphatic heterocycles. The molecule has 0 spiro atoms. The number of carbonyl (C=O) groups is 1. The van der Waals surface area contributed by atoms with Crippen molar-refractivity contribution >= 4 is 16.7 Å². The summed E-state index contributed by atoms with van der Waals surface area (Å²) >= 11 is 0. The van der Waals surface area contributed by atoms with E-state index < -0.39 is 5.97 Å². The molecule has 0 radical (unpaired) electrons. The zero-order chi connectivity index (χ0) is 14.0. The molecule has 1 N–H and O–H groups in total. The van der Waals surface area contributed by atoms with Crippen molar-refractivity contribution in [1.82, 2.24) is 4.98 Å². The zero-order valence-corrected chi connectivity index (χ0v) is 11.0. The summed E-state index contributed by atoms with van der Waals surface area (Å²) < 4.78 is 10.2. The van der Waals surface area contributed by atoms with E-state index in [9.17, 15) is 9.90 Å². The Morgan fingerprint density at radius 3 is 2.47 bits per heavy atom. The number of rotatable bonds is 3. The number of esters is 1. The van der Waals surface area contributed by atoms with Crippen molar-refractivity contribution in [2.24, 2.45) is 0 Å². The Balaban J connectivity index is 2.72. The second-order valence-corrected chi connectivity index (χ2v) is 4.32. The maximum Gasteiger partial charge on any atom is 0.360 e. The summed E-state index contributed by atoms with van der Waals surface area (Å²) in [6.45, 7) is 3.72. The number of aromatic nitrogens is 1. The van der Waals surface area contributed by atoms with Gasteiger partial charge in [-0.25, -0.2) is 9.78 Å². The zero-order valence-electron chi connectivity index (χ0n) is 11.0. The van der Waals surface area contributed by atoms with E-state index in [1.807, 2.05) is 19.9 Å². The molecule has 0 fully saturated rings. The average Bonchev–Trinajstić information content (AvgIpc) is 2.40.